The van der Waals surface area contributed by atoms with E-state index in [1.54, 1.807) is 6.20 Å². The largest absolute Gasteiger partial charge is 0.387 e. The zero-order valence-corrected chi connectivity index (χ0v) is 11.2. The fourth-order valence-corrected chi connectivity index (χ4v) is 2.58. The number of aliphatic hydroxyl groups is 1. The normalized spacial score (nSPS) is 24.8. The van der Waals surface area contributed by atoms with E-state index in [0.29, 0.717) is 12.0 Å². The predicted octanol–water partition coefficient (Wildman–Crippen LogP) is 1.93. The van der Waals surface area contributed by atoms with Crippen molar-refractivity contribution in [1.29, 1.82) is 0 Å². The van der Waals surface area contributed by atoms with Gasteiger partial charge in [-0.15, -0.1) is 5.10 Å². The summed E-state index contributed by atoms with van der Waals surface area (Å²) >= 11 is 0. The van der Waals surface area contributed by atoms with Crippen molar-refractivity contribution in [3.8, 4) is 0 Å². The number of hydrogen-bond donors (Lipinski definition) is 1. The van der Waals surface area contributed by atoms with E-state index in [-0.39, 0.29) is 0 Å². The molecule has 1 aromatic rings. The smallest absolute Gasteiger partial charge is 0.0975 e. The van der Waals surface area contributed by atoms with Gasteiger partial charge in [-0.2, -0.15) is 0 Å². The number of aromatic nitrogens is 3. The first-order valence-electron chi connectivity index (χ1n) is 6.92. The van der Waals surface area contributed by atoms with Crippen LogP contribution in [-0.2, 0) is 11.3 Å². The van der Waals surface area contributed by atoms with Crippen molar-refractivity contribution in [3.05, 3.63) is 11.9 Å². The van der Waals surface area contributed by atoms with Crippen LogP contribution >= 0.6 is 0 Å². The van der Waals surface area contributed by atoms with Crippen LogP contribution in [0.3, 0.4) is 0 Å². The topological polar surface area (TPSA) is 60.2 Å². The summed E-state index contributed by atoms with van der Waals surface area (Å²) in [4.78, 5) is 0. The van der Waals surface area contributed by atoms with Crippen molar-refractivity contribution in [1.82, 2.24) is 15.0 Å². The lowest BCUT2D eigenvalue weighted by atomic mass is 9.78. The van der Waals surface area contributed by atoms with Gasteiger partial charge in [0.15, 0.2) is 0 Å². The van der Waals surface area contributed by atoms with E-state index in [9.17, 15) is 5.11 Å². The Bertz CT molecular complexity index is 361. The quantitative estimate of drug-likeness (QED) is 0.806. The van der Waals surface area contributed by atoms with Crippen LogP contribution < -0.4 is 0 Å². The summed E-state index contributed by atoms with van der Waals surface area (Å²) in [6.07, 6.45) is 5.57. The number of hydrogen-bond acceptors (Lipinski definition) is 4. The third-order valence-electron chi connectivity index (χ3n) is 3.58. The molecule has 18 heavy (non-hydrogen) atoms. The maximum atomic E-state index is 10.2. The molecule has 1 N–H and O–H groups in total. The minimum absolute atomic E-state index is 0.408. The zero-order valence-electron chi connectivity index (χ0n) is 11.2. The van der Waals surface area contributed by atoms with Crippen LogP contribution in [-0.4, -0.2) is 32.8 Å². The molecule has 1 heterocycles. The van der Waals surface area contributed by atoms with E-state index in [1.807, 2.05) is 11.6 Å². The van der Waals surface area contributed by atoms with Gasteiger partial charge >= 0.3 is 0 Å². The van der Waals surface area contributed by atoms with Gasteiger partial charge in [0.2, 0.25) is 0 Å². The van der Waals surface area contributed by atoms with Gasteiger partial charge in [0.1, 0.15) is 0 Å². The van der Waals surface area contributed by atoms with Crippen LogP contribution in [0.1, 0.15) is 51.3 Å². The van der Waals surface area contributed by atoms with Crippen LogP contribution in [0.4, 0.5) is 0 Å². The highest BCUT2D eigenvalue weighted by molar-refractivity contribution is 5.00. The standard InChI is InChI=1S/C13H23N3O2/c1-3-5-16-12(9-14-15-16)13(17)8-10-6-11(7-10)18-4-2/h9-11,13,17H,3-8H2,1-2H3. The maximum absolute atomic E-state index is 10.2. The van der Waals surface area contributed by atoms with Crippen LogP contribution in [0.25, 0.3) is 0 Å². The Kier molecular flexibility index (Phi) is 4.72. The van der Waals surface area contributed by atoms with Crippen LogP contribution in [0.2, 0.25) is 0 Å². The van der Waals surface area contributed by atoms with Gasteiger partial charge in [0, 0.05) is 13.2 Å². The molecule has 102 valence electrons. The van der Waals surface area contributed by atoms with Gasteiger partial charge in [-0.25, -0.2) is 4.68 Å². The predicted molar refractivity (Wildman–Crippen MR) is 68.0 cm³/mol. The first-order valence-corrected chi connectivity index (χ1v) is 6.92. The molecule has 0 radical (unpaired) electrons. The van der Waals surface area contributed by atoms with Crippen molar-refractivity contribution in [2.75, 3.05) is 6.61 Å². The minimum Gasteiger partial charge on any atom is -0.387 e. The average molecular weight is 253 g/mol. The summed E-state index contributed by atoms with van der Waals surface area (Å²) in [6, 6.07) is 0. The molecule has 0 aliphatic heterocycles. The van der Waals surface area contributed by atoms with Crippen molar-refractivity contribution in [2.24, 2.45) is 5.92 Å². The molecule has 5 nitrogen and oxygen atoms in total. The Morgan fingerprint density at radius 2 is 2.28 bits per heavy atom. The Hall–Kier alpha value is -0.940. The number of nitrogens with zero attached hydrogens (tertiary/aromatic N) is 3. The van der Waals surface area contributed by atoms with Gasteiger partial charge in [-0.1, -0.05) is 12.1 Å². The Balaban J connectivity index is 1.81. The van der Waals surface area contributed by atoms with Crippen molar-refractivity contribution in [2.45, 2.75) is 58.3 Å². The SMILES string of the molecule is CCCn1nncc1C(O)CC1CC(OCC)C1. The molecule has 0 bridgehead atoms. The molecule has 1 unspecified atom stereocenters. The summed E-state index contributed by atoms with van der Waals surface area (Å²) in [5.74, 6) is 0.571. The highest BCUT2D eigenvalue weighted by atomic mass is 16.5. The van der Waals surface area contributed by atoms with Crippen LogP contribution in [0.15, 0.2) is 6.20 Å². The molecule has 0 aromatic carbocycles. The van der Waals surface area contributed by atoms with Crippen LogP contribution in [0, 0.1) is 5.92 Å². The minimum atomic E-state index is -0.445. The fraction of sp³-hybridized carbons (Fsp3) is 0.846. The summed E-state index contributed by atoms with van der Waals surface area (Å²) in [6.45, 7) is 5.72. The van der Waals surface area contributed by atoms with Gasteiger partial charge in [-0.05, 0) is 38.5 Å². The Morgan fingerprint density at radius 1 is 1.50 bits per heavy atom. The van der Waals surface area contributed by atoms with E-state index >= 15 is 0 Å². The molecule has 0 spiro atoms. The maximum Gasteiger partial charge on any atom is 0.0975 e. The Morgan fingerprint density at radius 3 is 2.94 bits per heavy atom. The molecule has 2 rings (SSSR count). The number of rotatable bonds is 7. The summed E-state index contributed by atoms with van der Waals surface area (Å²) < 4.78 is 7.34. The highest BCUT2D eigenvalue weighted by Gasteiger charge is 2.32. The zero-order chi connectivity index (χ0) is 13.0. The second-order valence-electron chi connectivity index (χ2n) is 5.05. The number of aryl methyl sites for hydroxylation is 1. The molecule has 5 heteroatoms. The van der Waals surface area contributed by atoms with Crippen LogP contribution in [0.5, 0.6) is 0 Å². The Labute approximate surface area is 108 Å². The van der Waals surface area contributed by atoms with E-state index in [2.05, 4.69) is 17.2 Å². The summed E-state index contributed by atoms with van der Waals surface area (Å²) in [7, 11) is 0. The van der Waals surface area contributed by atoms with Crippen molar-refractivity contribution >= 4 is 0 Å². The van der Waals surface area contributed by atoms with E-state index in [0.717, 1.165) is 44.5 Å². The molecule has 1 aliphatic carbocycles. The van der Waals surface area contributed by atoms with Crippen molar-refractivity contribution < 1.29 is 9.84 Å². The summed E-state index contributed by atoms with van der Waals surface area (Å²) in [5.41, 5.74) is 0.844. The first-order chi connectivity index (χ1) is 8.74. The fourth-order valence-electron chi connectivity index (χ4n) is 2.58. The van der Waals surface area contributed by atoms with Gasteiger partial charge < -0.3 is 9.84 Å². The highest BCUT2D eigenvalue weighted by Crippen LogP contribution is 2.36. The average Bonchev–Trinajstić information content (AvgIpc) is 2.75. The van der Waals surface area contributed by atoms with Crippen molar-refractivity contribution in [3.63, 3.8) is 0 Å². The molecule has 1 atom stereocenters. The third kappa shape index (κ3) is 3.09. The van der Waals surface area contributed by atoms with Gasteiger partial charge in [0.05, 0.1) is 24.1 Å². The third-order valence-corrected chi connectivity index (χ3v) is 3.58. The van der Waals surface area contributed by atoms with Gasteiger partial charge in [-0.3, -0.25) is 0 Å². The lowest BCUT2D eigenvalue weighted by Gasteiger charge is -2.36. The lowest BCUT2D eigenvalue weighted by Crippen LogP contribution is -2.32. The first kappa shape index (κ1) is 13.5. The van der Waals surface area contributed by atoms with E-state index in [1.165, 1.54) is 0 Å². The summed E-state index contributed by atoms with van der Waals surface area (Å²) in [5, 5.41) is 18.1. The molecule has 1 saturated carbocycles. The molecule has 1 aromatic heterocycles. The molecule has 0 saturated heterocycles. The molecular weight excluding hydrogens is 230 g/mol. The van der Waals surface area contributed by atoms with Gasteiger partial charge in [0.25, 0.3) is 0 Å². The lowest BCUT2D eigenvalue weighted by molar-refractivity contribution is -0.0387. The second kappa shape index (κ2) is 6.29. The van der Waals surface area contributed by atoms with E-state index in [4.69, 9.17) is 4.74 Å². The number of ether oxygens (including phenoxy) is 1. The molecular formula is C13H23N3O2. The molecule has 1 fully saturated rings. The molecule has 1 aliphatic rings. The molecule has 0 amide bonds. The number of aliphatic hydroxyl groups excluding tert-OH is 1. The second-order valence-corrected chi connectivity index (χ2v) is 5.05. The van der Waals surface area contributed by atoms with E-state index < -0.39 is 6.10 Å². The monoisotopic (exact) mass is 253 g/mol.